The maximum Gasteiger partial charge on any atom is 0.519 e. The molecule has 0 amide bonds. The normalized spacial score (nSPS) is 11.1. The number of ether oxygens (including phenoxy) is 2. The van der Waals surface area contributed by atoms with E-state index in [-0.39, 0.29) is 0 Å². The average molecular weight is 551 g/mol. The lowest BCUT2D eigenvalue weighted by Crippen LogP contribution is -2.15. The van der Waals surface area contributed by atoms with Gasteiger partial charge in [-0.3, -0.25) is 0 Å². The Kier molecular flexibility index (Phi) is 8.00. The van der Waals surface area contributed by atoms with Gasteiger partial charge in [-0.2, -0.15) is 0 Å². The van der Waals surface area contributed by atoms with Crippen molar-refractivity contribution in [3.8, 4) is 33.8 Å². The van der Waals surface area contributed by atoms with Gasteiger partial charge >= 0.3 is 6.16 Å². The second kappa shape index (κ2) is 12.3. The van der Waals surface area contributed by atoms with Crippen molar-refractivity contribution in [3.05, 3.63) is 132 Å². The van der Waals surface area contributed by atoms with Crippen molar-refractivity contribution in [2.45, 2.75) is 39.5 Å². The minimum atomic E-state index is -0.768. The van der Waals surface area contributed by atoms with Gasteiger partial charge in [-0.05, 0) is 58.0 Å². The summed E-state index contributed by atoms with van der Waals surface area (Å²) in [6, 6.07) is 41.0. The SMILES string of the molecule is CCCc1ccc(-c2ccc3ccccc3c2OC(=O)Oc2c(-c3ccc(CCC)cc3)ccc3ccccc23)cc1. The highest BCUT2D eigenvalue weighted by molar-refractivity contribution is 5.99. The second-order valence-corrected chi connectivity index (χ2v) is 10.7. The Morgan fingerprint density at radius 2 is 0.905 bits per heavy atom. The zero-order valence-electron chi connectivity index (χ0n) is 24.1. The fraction of sp³-hybridized carbons (Fsp3) is 0.154. The lowest BCUT2D eigenvalue weighted by Gasteiger charge is -2.16. The van der Waals surface area contributed by atoms with E-state index in [0.29, 0.717) is 11.5 Å². The number of hydrogen-bond acceptors (Lipinski definition) is 3. The first kappa shape index (κ1) is 27.3. The number of aryl methyl sites for hydroxylation is 2. The van der Waals surface area contributed by atoms with Crippen molar-refractivity contribution in [2.24, 2.45) is 0 Å². The minimum absolute atomic E-state index is 0.493. The zero-order chi connectivity index (χ0) is 28.9. The molecular weight excluding hydrogens is 516 g/mol. The van der Waals surface area contributed by atoms with Crippen molar-refractivity contribution in [3.63, 3.8) is 0 Å². The number of rotatable bonds is 8. The van der Waals surface area contributed by atoms with Crippen LogP contribution < -0.4 is 9.47 Å². The Hall–Kier alpha value is -4.89. The van der Waals surface area contributed by atoms with E-state index in [1.54, 1.807) is 0 Å². The fourth-order valence-electron chi connectivity index (χ4n) is 5.63. The molecule has 0 unspecified atom stereocenters. The zero-order valence-corrected chi connectivity index (χ0v) is 24.1. The first-order valence-electron chi connectivity index (χ1n) is 14.8. The van der Waals surface area contributed by atoms with Gasteiger partial charge in [-0.1, -0.05) is 136 Å². The Balaban J connectivity index is 1.39. The monoisotopic (exact) mass is 550 g/mol. The van der Waals surface area contributed by atoms with Crippen molar-refractivity contribution in [1.29, 1.82) is 0 Å². The van der Waals surface area contributed by atoms with Crippen LogP contribution in [0.15, 0.2) is 121 Å². The number of carbonyl (C=O) groups is 1. The highest BCUT2D eigenvalue weighted by atomic mass is 16.7. The molecule has 0 N–H and O–H groups in total. The van der Waals surface area contributed by atoms with Crippen molar-refractivity contribution in [1.82, 2.24) is 0 Å². The average Bonchev–Trinajstić information content (AvgIpc) is 3.03. The summed E-state index contributed by atoms with van der Waals surface area (Å²) >= 11 is 0. The van der Waals surface area contributed by atoms with E-state index in [9.17, 15) is 4.79 Å². The van der Waals surface area contributed by atoms with E-state index in [1.807, 2.05) is 60.7 Å². The highest BCUT2D eigenvalue weighted by Crippen LogP contribution is 2.40. The van der Waals surface area contributed by atoms with Gasteiger partial charge in [0.15, 0.2) is 0 Å². The number of carbonyl (C=O) groups excluding carboxylic acids is 1. The quantitative estimate of drug-likeness (QED) is 0.140. The van der Waals surface area contributed by atoms with Crippen LogP contribution >= 0.6 is 0 Å². The molecule has 6 aromatic carbocycles. The molecule has 208 valence electrons. The Morgan fingerprint density at radius 3 is 1.31 bits per heavy atom. The van der Waals surface area contributed by atoms with Gasteiger partial charge in [-0.25, -0.2) is 4.79 Å². The van der Waals surface area contributed by atoms with Gasteiger partial charge in [0.1, 0.15) is 11.5 Å². The van der Waals surface area contributed by atoms with Crippen LogP contribution in [-0.2, 0) is 12.8 Å². The molecule has 0 bridgehead atoms. The molecule has 6 rings (SSSR count). The third kappa shape index (κ3) is 5.64. The summed E-state index contributed by atoms with van der Waals surface area (Å²) < 4.78 is 12.2. The van der Waals surface area contributed by atoms with Gasteiger partial charge in [0.2, 0.25) is 0 Å². The maximum atomic E-state index is 13.7. The van der Waals surface area contributed by atoms with Gasteiger partial charge in [0.05, 0.1) is 0 Å². The minimum Gasteiger partial charge on any atom is -0.393 e. The first-order valence-corrected chi connectivity index (χ1v) is 14.8. The van der Waals surface area contributed by atoms with E-state index in [2.05, 4.69) is 74.5 Å². The molecule has 0 aliphatic heterocycles. The smallest absolute Gasteiger partial charge is 0.393 e. The topological polar surface area (TPSA) is 35.5 Å². The van der Waals surface area contributed by atoms with Crippen LogP contribution in [0, 0.1) is 0 Å². The molecule has 0 saturated heterocycles. The van der Waals surface area contributed by atoms with E-state index in [0.717, 1.165) is 69.5 Å². The summed E-state index contributed by atoms with van der Waals surface area (Å²) in [7, 11) is 0. The first-order chi connectivity index (χ1) is 20.6. The molecule has 0 spiro atoms. The van der Waals surface area contributed by atoms with Crippen LogP contribution in [0.4, 0.5) is 4.79 Å². The lowest BCUT2D eigenvalue weighted by atomic mass is 9.98. The molecular formula is C39H34O3. The predicted molar refractivity (Wildman–Crippen MR) is 173 cm³/mol. The summed E-state index contributed by atoms with van der Waals surface area (Å²) in [5, 5.41) is 3.69. The van der Waals surface area contributed by atoms with E-state index in [1.165, 1.54) is 11.1 Å². The molecule has 3 nitrogen and oxygen atoms in total. The van der Waals surface area contributed by atoms with Gasteiger partial charge in [0.25, 0.3) is 0 Å². The number of hydrogen-bond donors (Lipinski definition) is 0. The van der Waals surface area contributed by atoms with Gasteiger partial charge in [0, 0.05) is 21.9 Å². The van der Waals surface area contributed by atoms with Crippen LogP contribution in [0.25, 0.3) is 43.8 Å². The molecule has 0 aliphatic carbocycles. The van der Waals surface area contributed by atoms with Crippen molar-refractivity contribution in [2.75, 3.05) is 0 Å². The van der Waals surface area contributed by atoms with Crippen LogP contribution in [0.2, 0.25) is 0 Å². The molecule has 0 aromatic heterocycles. The molecule has 0 atom stereocenters. The standard InChI is InChI=1S/C39H34O3/c1-3-9-27-15-19-31(20-16-27)35-25-23-29-11-5-7-13-33(29)37(35)41-39(40)42-38-34-14-8-6-12-30(34)24-26-36(38)32-21-17-28(10-4-2)18-22-32/h5-8,11-26H,3-4,9-10H2,1-2H3. The summed E-state index contributed by atoms with van der Waals surface area (Å²) in [6.45, 7) is 4.36. The Morgan fingerprint density at radius 1 is 0.500 bits per heavy atom. The maximum absolute atomic E-state index is 13.7. The van der Waals surface area contributed by atoms with E-state index < -0.39 is 6.16 Å². The molecule has 0 radical (unpaired) electrons. The largest absolute Gasteiger partial charge is 0.519 e. The van der Waals surface area contributed by atoms with Crippen LogP contribution in [0.3, 0.4) is 0 Å². The summed E-state index contributed by atoms with van der Waals surface area (Å²) in [5.41, 5.74) is 6.24. The van der Waals surface area contributed by atoms with Gasteiger partial charge < -0.3 is 9.47 Å². The molecule has 6 aromatic rings. The number of fused-ring (bicyclic) bond motifs is 2. The predicted octanol–water partition coefficient (Wildman–Crippen LogP) is 10.8. The Bertz CT molecular complexity index is 1710. The van der Waals surface area contributed by atoms with Crippen LogP contribution in [-0.4, -0.2) is 6.16 Å². The van der Waals surface area contributed by atoms with Crippen molar-refractivity contribution >= 4 is 27.7 Å². The third-order valence-electron chi connectivity index (χ3n) is 7.74. The summed E-state index contributed by atoms with van der Waals surface area (Å²) in [4.78, 5) is 13.7. The molecule has 3 heteroatoms. The van der Waals surface area contributed by atoms with Crippen LogP contribution in [0.5, 0.6) is 11.5 Å². The summed E-state index contributed by atoms with van der Waals surface area (Å²) in [5.74, 6) is 0.985. The molecule has 0 aliphatic rings. The summed E-state index contributed by atoms with van der Waals surface area (Å²) in [6.07, 6.45) is 3.48. The third-order valence-corrected chi connectivity index (χ3v) is 7.74. The van der Waals surface area contributed by atoms with E-state index >= 15 is 0 Å². The van der Waals surface area contributed by atoms with E-state index in [4.69, 9.17) is 9.47 Å². The van der Waals surface area contributed by atoms with Gasteiger partial charge in [-0.15, -0.1) is 0 Å². The second-order valence-electron chi connectivity index (χ2n) is 10.7. The molecule has 0 fully saturated rings. The van der Waals surface area contributed by atoms with Crippen LogP contribution in [0.1, 0.15) is 37.8 Å². The molecule has 0 heterocycles. The molecule has 0 saturated carbocycles. The van der Waals surface area contributed by atoms with Crippen molar-refractivity contribution < 1.29 is 14.3 Å². The fourth-order valence-corrected chi connectivity index (χ4v) is 5.63. The Labute approximate surface area is 247 Å². The molecule has 42 heavy (non-hydrogen) atoms. The highest BCUT2D eigenvalue weighted by Gasteiger charge is 2.20. The number of benzene rings is 6. The lowest BCUT2D eigenvalue weighted by molar-refractivity contribution is 0.153.